The van der Waals surface area contributed by atoms with Gasteiger partial charge in [-0.15, -0.1) is 0 Å². The molecule has 8 nitrogen and oxygen atoms in total. The Labute approximate surface area is 177 Å². The van der Waals surface area contributed by atoms with Gasteiger partial charge in [0.25, 0.3) is 0 Å². The van der Waals surface area contributed by atoms with E-state index in [1.165, 1.54) is 12.4 Å². The van der Waals surface area contributed by atoms with Crippen LogP contribution >= 0.6 is 0 Å². The summed E-state index contributed by atoms with van der Waals surface area (Å²) in [6.07, 6.45) is 3.67. The molecular weight excluding hydrogens is 384 g/mol. The summed E-state index contributed by atoms with van der Waals surface area (Å²) in [6, 6.07) is 6.62. The van der Waals surface area contributed by atoms with Gasteiger partial charge in [-0.25, -0.2) is 9.97 Å². The summed E-state index contributed by atoms with van der Waals surface area (Å²) in [7, 11) is 0. The molecule has 0 aliphatic heterocycles. The van der Waals surface area contributed by atoms with Crippen molar-refractivity contribution in [2.24, 2.45) is 10.8 Å². The molecule has 2 aromatic rings. The van der Waals surface area contributed by atoms with E-state index in [2.05, 4.69) is 20.6 Å². The van der Waals surface area contributed by atoms with E-state index in [0.717, 1.165) is 5.56 Å². The van der Waals surface area contributed by atoms with Gasteiger partial charge in [0.2, 0.25) is 11.8 Å². The summed E-state index contributed by atoms with van der Waals surface area (Å²) in [5.41, 5.74) is 0.329. The zero-order valence-corrected chi connectivity index (χ0v) is 18.3. The summed E-state index contributed by atoms with van der Waals surface area (Å²) < 4.78 is 0. The number of aromatic nitrogens is 2. The number of rotatable bonds is 4. The topological polar surface area (TPSA) is 121 Å². The van der Waals surface area contributed by atoms with E-state index in [1.807, 2.05) is 41.5 Å². The highest BCUT2D eigenvalue weighted by Crippen LogP contribution is 2.17. The van der Waals surface area contributed by atoms with Gasteiger partial charge in [-0.1, -0.05) is 47.6 Å². The Morgan fingerprint density at radius 3 is 1.63 bits per heavy atom. The first-order chi connectivity index (χ1) is 13.9. The number of carbonyl (C=O) groups is 3. The maximum absolute atomic E-state index is 11.6. The predicted molar refractivity (Wildman–Crippen MR) is 116 cm³/mol. The number of anilines is 2. The Kier molecular flexibility index (Phi) is 8.79. The summed E-state index contributed by atoms with van der Waals surface area (Å²) >= 11 is 0. The predicted octanol–water partition coefficient (Wildman–Crippen LogP) is 3.44. The minimum atomic E-state index is -0.453. The Morgan fingerprint density at radius 1 is 0.867 bits per heavy atom. The minimum Gasteiger partial charge on any atom is -0.392 e. The van der Waals surface area contributed by atoms with E-state index in [0.29, 0.717) is 23.5 Å². The lowest BCUT2D eigenvalue weighted by atomic mass is 9.96. The Balaban J connectivity index is 0.000000300. The third kappa shape index (κ3) is 8.48. The van der Waals surface area contributed by atoms with Crippen molar-refractivity contribution >= 4 is 29.7 Å². The highest BCUT2D eigenvalue weighted by molar-refractivity contribution is 5.94. The molecule has 3 N–H and O–H groups in total. The molecule has 0 atom stereocenters. The van der Waals surface area contributed by atoms with Gasteiger partial charge in [0.1, 0.15) is 11.6 Å². The van der Waals surface area contributed by atoms with Crippen molar-refractivity contribution in [1.82, 2.24) is 9.97 Å². The van der Waals surface area contributed by atoms with E-state index >= 15 is 0 Å². The van der Waals surface area contributed by atoms with Crippen molar-refractivity contribution in [1.29, 1.82) is 0 Å². The van der Waals surface area contributed by atoms with E-state index < -0.39 is 10.8 Å². The van der Waals surface area contributed by atoms with Crippen molar-refractivity contribution < 1.29 is 19.5 Å². The van der Waals surface area contributed by atoms with Gasteiger partial charge < -0.3 is 15.7 Å². The fourth-order valence-electron chi connectivity index (χ4n) is 1.75. The van der Waals surface area contributed by atoms with Crippen LogP contribution in [0.25, 0.3) is 0 Å². The normalized spacial score (nSPS) is 11.0. The average molecular weight is 415 g/mol. The standard InChI is InChI=1S/C11H16N2O2.C11H14N2O2/c2*1-11(2,3)10(15)13-9-5-4-8(7-14)6-12-9/h4-6,14H,7H2,1-3H3,(H,12,13,15);4-7H,1-3H3,(H,12,13,15). The molecule has 0 radical (unpaired) electrons. The SMILES string of the molecule is CC(C)(C)C(=O)Nc1ccc(C=O)cn1.CC(C)(C)C(=O)Nc1ccc(CO)cn1. The van der Waals surface area contributed by atoms with Crippen LogP contribution < -0.4 is 10.6 Å². The lowest BCUT2D eigenvalue weighted by Gasteiger charge is -2.17. The van der Waals surface area contributed by atoms with Gasteiger partial charge in [0, 0.05) is 28.8 Å². The minimum absolute atomic E-state index is 0.0412. The molecule has 162 valence electrons. The maximum Gasteiger partial charge on any atom is 0.230 e. The first kappa shape index (κ1) is 24.9. The van der Waals surface area contributed by atoms with Gasteiger partial charge in [0.15, 0.2) is 6.29 Å². The Morgan fingerprint density at radius 2 is 1.33 bits per heavy atom. The van der Waals surface area contributed by atoms with Crippen molar-refractivity contribution in [2.45, 2.75) is 48.1 Å². The third-order valence-corrected chi connectivity index (χ3v) is 3.78. The molecule has 0 spiro atoms. The van der Waals surface area contributed by atoms with Crippen LogP contribution in [0.4, 0.5) is 11.6 Å². The number of hydrogen-bond acceptors (Lipinski definition) is 6. The molecule has 2 rings (SSSR count). The fourth-order valence-corrected chi connectivity index (χ4v) is 1.75. The van der Waals surface area contributed by atoms with Gasteiger partial charge in [-0.3, -0.25) is 14.4 Å². The molecule has 0 aliphatic rings. The molecule has 2 amide bonds. The highest BCUT2D eigenvalue weighted by atomic mass is 16.3. The molecular formula is C22H30N4O4. The largest absolute Gasteiger partial charge is 0.392 e. The summed E-state index contributed by atoms with van der Waals surface area (Å²) in [5.74, 6) is 0.785. The molecule has 0 saturated heterocycles. The average Bonchev–Trinajstić information content (AvgIpc) is 2.68. The zero-order valence-electron chi connectivity index (χ0n) is 18.3. The fraction of sp³-hybridized carbons (Fsp3) is 0.409. The second kappa shape index (κ2) is 10.6. The van der Waals surface area contributed by atoms with Crippen LogP contribution in [0, 0.1) is 10.8 Å². The van der Waals surface area contributed by atoms with Crippen molar-refractivity contribution in [2.75, 3.05) is 10.6 Å². The molecule has 30 heavy (non-hydrogen) atoms. The quantitative estimate of drug-likeness (QED) is 0.659. The second-order valence-electron chi connectivity index (χ2n) is 8.71. The summed E-state index contributed by atoms with van der Waals surface area (Å²) in [4.78, 5) is 41.5. The monoisotopic (exact) mass is 414 g/mol. The van der Waals surface area contributed by atoms with Gasteiger partial charge in [0.05, 0.1) is 6.61 Å². The van der Waals surface area contributed by atoms with Crippen LogP contribution in [-0.4, -0.2) is 33.2 Å². The van der Waals surface area contributed by atoms with Gasteiger partial charge in [-0.05, 0) is 23.8 Å². The molecule has 8 heteroatoms. The number of nitrogens with one attached hydrogen (secondary N) is 2. The number of carbonyl (C=O) groups excluding carboxylic acids is 3. The van der Waals surface area contributed by atoms with Crippen LogP contribution in [0.15, 0.2) is 36.7 Å². The first-order valence-corrected chi connectivity index (χ1v) is 9.46. The van der Waals surface area contributed by atoms with Gasteiger partial charge >= 0.3 is 0 Å². The third-order valence-electron chi connectivity index (χ3n) is 3.78. The lowest BCUT2D eigenvalue weighted by molar-refractivity contribution is -0.123. The summed E-state index contributed by atoms with van der Waals surface area (Å²) in [5, 5.41) is 14.2. The number of aldehydes is 1. The smallest absolute Gasteiger partial charge is 0.230 e. The second-order valence-corrected chi connectivity index (χ2v) is 8.71. The highest BCUT2D eigenvalue weighted by Gasteiger charge is 2.22. The zero-order chi connectivity index (χ0) is 22.9. The number of aliphatic hydroxyl groups is 1. The van der Waals surface area contributed by atoms with Gasteiger partial charge in [-0.2, -0.15) is 0 Å². The number of aliphatic hydroxyl groups excluding tert-OH is 1. The van der Waals surface area contributed by atoms with Crippen LogP contribution in [0.5, 0.6) is 0 Å². The Hall–Kier alpha value is -3.13. The van der Waals surface area contributed by atoms with E-state index in [-0.39, 0.29) is 18.4 Å². The molecule has 0 bridgehead atoms. The number of amides is 2. The van der Waals surface area contributed by atoms with Crippen LogP contribution in [0.3, 0.4) is 0 Å². The molecule has 0 unspecified atom stereocenters. The Bertz CT molecular complexity index is 849. The summed E-state index contributed by atoms with van der Waals surface area (Å²) in [6.45, 7) is 10.9. The first-order valence-electron chi connectivity index (χ1n) is 9.46. The van der Waals surface area contributed by atoms with Crippen LogP contribution in [-0.2, 0) is 16.2 Å². The van der Waals surface area contributed by atoms with Crippen LogP contribution in [0.2, 0.25) is 0 Å². The van der Waals surface area contributed by atoms with Crippen molar-refractivity contribution in [3.63, 3.8) is 0 Å². The number of hydrogen-bond donors (Lipinski definition) is 3. The number of pyridine rings is 2. The molecule has 0 aliphatic carbocycles. The maximum atomic E-state index is 11.6. The van der Waals surface area contributed by atoms with E-state index in [4.69, 9.17) is 5.11 Å². The molecule has 0 aromatic carbocycles. The molecule has 2 aromatic heterocycles. The van der Waals surface area contributed by atoms with E-state index in [9.17, 15) is 14.4 Å². The lowest BCUT2D eigenvalue weighted by Crippen LogP contribution is -2.27. The molecule has 0 fully saturated rings. The van der Waals surface area contributed by atoms with Crippen LogP contribution in [0.1, 0.15) is 57.5 Å². The number of nitrogens with zero attached hydrogens (tertiary/aromatic N) is 2. The van der Waals surface area contributed by atoms with Crippen molar-refractivity contribution in [3.8, 4) is 0 Å². The van der Waals surface area contributed by atoms with E-state index in [1.54, 1.807) is 24.3 Å². The molecule has 0 saturated carbocycles. The molecule has 2 heterocycles. The van der Waals surface area contributed by atoms with Crippen molar-refractivity contribution in [3.05, 3.63) is 47.8 Å².